The predicted octanol–water partition coefficient (Wildman–Crippen LogP) is 6.26. The highest BCUT2D eigenvalue weighted by molar-refractivity contribution is 7.80. The van der Waals surface area contributed by atoms with Gasteiger partial charge < -0.3 is 10.6 Å². The van der Waals surface area contributed by atoms with Crippen LogP contribution in [-0.2, 0) is 0 Å². The highest BCUT2D eigenvalue weighted by Crippen LogP contribution is 2.49. The molecule has 0 aromatic heterocycles. The van der Waals surface area contributed by atoms with Crippen LogP contribution in [0.5, 0.6) is 0 Å². The van der Waals surface area contributed by atoms with Gasteiger partial charge in [-0.1, -0.05) is 78.9 Å². The number of benzene rings is 3. The molecule has 3 aromatic rings. The lowest BCUT2D eigenvalue weighted by molar-refractivity contribution is 0.382. The second kappa shape index (κ2) is 10.7. The second-order valence-corrected chi connectivity index (χ2v) is 10.5. The molecule has 35 heavy (non-hydrogen) atoms. The molecule has 3 aromatic carbocycles. The lowest BCUT2D eigenvalue weighted by atomic mass is 10.0. The zero-order valence-electron chi connectivity index (χ0n) is 18.4. The molecule has 1 aliphatic carbocycles. The van der Waals surface area contributed by atoms with Crippen LogP contribution in [0, 0.1) is 35.0 Å². The van der Waals surface area contributed by atoms with E-state index in [1.165, 1.54) is 0 Å². The Balaban J connectivity index is 1.56. The molecule has 2 atom stereocenters. The molecule has 2 N–H and O–H groups in total. The number of hydrogen-bond acceptors (Lipinski definition) is 1. The second-order valence-electron chi connectivity index (χ2n) is 7.84. The lowest BCUT2D eigenvalue weighted by Gasteiger charge is -2.30. The Morgan fingerprint density at radius 3 is 1.80 bits per heavy atom. The summed E-state index contributed by atoms with van der Waals surface area (Å²) in [7, 11) is -0.885. The van der Waals surface area contributed by atoms with Crippen molar-refractivity contribution in [2.24, 2.45) is 5.92 Å². The molecular weight excluding hydrogens is 498 g/mol. The molecule has 0 heterocycles. The van der Waals surface area contributed by atoms with Gasteiger partial charge in [-0.2, -0.15) is 0 Å². The minimum Gasteiger partial charge on any atom is -0.359 e. The molecule has 0 spiro atoms. The van der Waals surface area contributed by atoms with E-state index in [0.29, 0.717) is 0 Å². The van der Waals surface area contributed by atoms with Gasteiger partial charge in [0.1, 0.15) is 5.69 Å². The van der Waals surface area contributed by atoms with E-state index in [1.54, 1.807) is 0 Å². The number of rotatable bonds is 6. The van der Waals surface area contributed by atoms with Gasteiger partial charge in [0.05, 0.1) is 0 Å². The molecule has 0 fully saturated rings. The van der Waals surface area contributed by atoms with Crippen molar-refractivity contribution in [1.29, 1.82) is 0 Å². The molecule has 1 aliphatic rings. The van der Waals surface area contributed by atoms with Gasteiger partial charge in [0.15, 0.2) is 28.4 Å². The van der Waals surface area contributed by atoms with Gasteiger partial charge in [-0.15, -0.1) is 0 Å². The monoisotopic (exact) mass is 518 g/mol. The normalized spacial score (nSPS) is 15.7. The summed E-state index contributed by atoms with van der Waals surface area (Å²) < 4.78 is 68.5. The first-order valence-electron chi connectivity index (χ1n) is 10.7. The van der Waals surface area contributed by atoms with Crippen LogP contribution in [0.25, 0.3) is 0 Å². The Morgan fingerprint density at radius 1 is 0.800 bits per heavy atom. The van der Waals surface area contributed by atoms with Crippen molar-refractivity contribution in [3.63, 3.8) is 0 Å². The first kappa shape index (κ1) is 25.0. The van der Waals surface area contributed by atoms with Gasteiger partial charge >= 0.3 is 0 Å². The van der Waals surface area contributed by atoms with Gasteiger partial charge in [0.25, 0.3) is 0 Å². The molecule has 4 rings (SSSR count). The van der Waals surface area contributed by atoms with Crippen LogP contribution in [0.4, 0.5) is 27.6 Å². The molecule has 0 saturated carbocycles. The van der Waals surface area contributed by atoms with Gasteiger partial charge in [0, 0.05) is 12.0 Å². The average molecular weight is 518 g/mol. The van der Waals surface area contributed by atoms with Crippen LogP contribution < -0.4 is 21.2 Å². The first-order chi connectivity index (χ1) is 16.8. The van der Waals surface area contributed by atoms with Gasteiger partial charge in [0.2, 0.25) is 5.82 Å². The fraction of sp³-hybridized carbons (Fsp3) is 0.115. The van der Waals surface area contributed by atoms with E-state index in [2.05, 4.69) is 41.0 Å². The molecule has 0 amide bonds. The van der Waals surface area contributed by atoms with E-state index >= 15 is 0 Å². The number of nitrogens with one attached hydrogen (secondary N) is 2. The average Bonchev–Trinajstić information content (AvgIpc) is 3.35. The summed E-state index contributed by atoms with van der Waals surface area (Å²) in [5.41, 5.74) is -1.19. The van der Waals surface area contributed by atoms with Gasteiger partial charge in [-0.25, -0.2) is 22.0 Å². The number of halogens is 5. The highest BCUT2D eigenvalue weighted by atomic mass is 32.1. The zero-order chi connectivity index (χ0) is 25.1. The molecule has 180 valence electrons. The van der Waals surface area contributed by atoms with Crippen molar-refractivity contribution in [1.82, 2.24) is 5.32 Å². The third kappa shape index (κ3) is 5.14. The van der Waals surface area contributed by atoms with Gasteiger partial charge in [-0.05, 0) is 43.0 Å². The van der Waals surface area contributed by atoms with E-state index in [1.807, 2.05) is 55.5 Å². The van der Waals surface area contributed by atoms with E-state index in [4.69, 9.17) is 12.2 Å². The molecule has 0 aliphatic heterocycles. The number of allylic oxidation sites excluding steroid dienone is 2. The fourth-order valence-electron chi connectivity index (χ4n) is 3.89. The number of hydrogen-bond donors (Lipinski definition) is 2. The summed E-state index contributed by atoms with van der Waals surface area (Å²) in [6.07, 6.45) is 5.99. The van der Waals surface area contributed by atoms with Gasteiger partial charge in [-0.3, -0.25) is 0 Å². The highest BCUT2D eigenvalue weighted by Gasteiger charge is 2.31. The van der Waals surface area contributed by atoms with Crippen molar-refractivity contribution >= 4 is 41.5 Å². The summed E-state index contributed by atoms with van der Waals surface area (Å²) in [5.74, 6) is -10.4. The van der Waals surface area contributed by atoms with Crippen LogP contribution >= 0.6 is 20.1 Å². The van der Waals surface area contributed by atoms with E-state index in [9.17, 15) is 22.0 Å². The molecule has 2 nitrogen and oxygen atoms in total. The number of anilines is 1. The summed E-state index contributed by atoms with van der Waals surface area (Å²) >= 11 is 5.15. The van der Waals surface area contributed by atoms with Crippen molar-refractivity contribution in [2.45, 2.75) is 13.0 Å². The summed E-state index contributed by atoms with van der Waals surface area (Å²) in [6, 6.07) is 19.8. The van der Waals surface area contributed by atoms with E-state index < -0.39 is 42.7 Å². The molecular formula is C26H20F5N2PS. The summed E-state index contributed by atoms with van der Waals surface area (Å²) in [5, 5.41) is 8.25. The predicted molar refractivity (Wildman–Crippen MR) is 135 cm³/mol. The Hall–Kier alpha value is -3.09. The smallest absolute Gasteiger partial charge is 0.200 e. The minimum atomic E-state index is -2.22. The Labute approximate surface area is 206 Å². The maximum absolute atomic E-state index is 14.1. The third-order valence-corrected chi connectivity index (χ3v) is 8.37. The van der Waals surface area contributed by atoms with E-state index in [0.717, 1.165) is 15.9 Å². The van der Waals surface area contributed by atoms with Crippen LogP contribution in [-0.4, -0.2) is 11.2 Å². The Morgan fingerprint density at radius 2 is 1.29 bits per heavy atom. The topological polar surface area (TPSA) is 24.1 Å². The number of thiocarbonyl (C=S) groups is 1. The molecule has 0 bridgehead atoms. The molecule has 0 radical (unpaired) electrons. The quantitative estimate of drug-likeness (QED) is 0.132. The van der Waals surface area contributed by atoms with Crippen LogP contribution in [0.15, 0.2) is 84.2 Å². The molecule has 9 heteroatoms. The summed E-state index contributed by atoms with van der Waals surface area (Å²) in [6.45, 7) is 1.84. The Bertz CT molecular complexity index is 1230. The maximum atomic E-state index is 14.1. The Kier molecular flexibility index (Phi) is 7.63. The van der Waals surface area contributed by atoms with Crippen molar-refractivity contribution in [2.75, 3.05) is 5.32 Å². The minimum absolute atomic E-state index is 0.127. The standard InChI is InChI=1S/C26H20F5N2PS/c1-15(32-26(35)33-25-23(30)21(28)20(27)22(29)24(25)31)18-13-8-14-19(18)34(16-9-4-2-5-10-16)17-11-6-3-7-12-17/h2-15,18H,1H3,(H2,32,33,35)/t15-,18+/m1/s1. The summed E-state index contributed by atoms with van der Waals surface area (Å²) in [4.78, 5) is 0. The van der Waals surface area contributed by atoms with Crippen LogP contribution in [0.1, 0.15) is 6.92 Å². The zero-order valence-corrected chi connectivity index (χ0v) is 20.1. The van der Waals surface area contributed by atoms with Crippen molar-refractivity contribution in [3.05, 3.63) is 113 Å². The first-order valence-corrected chi connectivity index (χ1v) is 12.4. The lowest BCUT2D eigenvalue weighted by Crippen LogP contribution is -2.41. The maximum Gasteiger partial charge on any atom is 0.200 e. The molecule has 0 saturated heterocycles. The molecule has 0 unspecified atom stereocenters. The van der Waals surface area contributed by atoms with Crippen molar-refractivity contribution in [3.8, 4) is 0 Å². The third-order valence-electron chi connectivity index (χ3n) is 5.56. The van der Waals surface area contributed by atoms with Crippen LogP contribution in [0.3, 0.4) is 0 Å². The van der Waals surface area contributed by atoms with E-state index in [-0.39, 0.29) is 17.1 Å². The largest absolute Gasteiger partial charge is 0.359 e. The fourth-order valence-corrected chi connectivity index (χ4v) is 6.86. The van der Waals surface area contributed by atoms with Crippen LogP contribution in [0.2, 0.25) is 0 Å². The SMILES string of the molecule is C[C@@H](NC(=S)Nc1c(F)c(F)c(F)c(F)c1F)[C@@H]1C=CC=C1P(c1ccccc1)c1ccccc1. The van der Waals surface area contributed by atoms with Crippen molar-refractivity contribution < 1.29 is 22.0 Å².